The molecule has 2 aromatic heterocycles. The summed E-state index contributed by atoms with van der Waals surface area (Å²) in [6.07, 6.45) is 0. The van der Waals surface area contributed by atoms with E-state index in [4.69, 9.17) is 5.11 Å². The minimum atomic E-state index is -0.845. The Hall–Kier alpha value is -1.17. The average Bonchev–Trinajstić information content (AvgIpc) is 2.87. The Labute approximate surface area is 101 Å². The van der Waals surface area contributed by atoms with Crippen LogP contribution in [-0.2, 0) is 13.1 Å². The Kier molecular flexibility index (Phi) is 3.71. The highest BCUT2D eigenvalue weighted by atomic mass is 32.1. The van der Waals surface area contributed by atoms with E-state index in [1.54, 1.807) is 11.3 Å². The van der Waals surface area contributed by atoms with Crippen LogP contribution in [0.5, 0.6) is 0 Å². The molecule has 0 spiro atoms. The van der Waals surface area contributed by atoms with Crippen LogP contribution >= 0.6 is 22.7 Å². The summed E-state index contributed by atoms with van der Waals surface area (Å²) in [7, 11) is 0. The first kappa shape index (κ1) is 11.3. The Morgan fingerprint density at radius 3 is 2.81 bits per heavy atom. The van der Waals surface area contributed by atoms with Gasteiger partial charge in [-0.3, -0.25) is 0 Å². The highest BCUT2D eigenvalue weighted by Gasteiger charge is 2.10. The summed E-state index contributed by atoms with van der Waals surface area (Å²) in [6, 6.07) is 5.92. The lowest BCUT2D eigenvalue weighted by atomic mass is 10.2. The quantitative estimate of drug-likeness (QED) is 0.861. The summed E-state index contributed by atoms with van der Waals surface area (Å²) in [5, 5.41) is 16.0. The number of carboxylic acid groups (broad SMARTS) is 1. The highest BCUT2D eigenvalue weighted by molar-refractivity contribution is 7.12. The Morgan fingerprint density at radius 1 is 1.25 bits per heavy atom. The van der Waals surface area contributed by atoms with Crippen molar-refractivity contribution < 1.29 is 9.90 Å². The molecule has 3 nitrogen and oxygen atoms in total. The topological polar surface area (TPSA) is 49.3 Å². The maximum atomic E-state index is 10.9. The van der Waals surface area contributed by atoms with Crippen LogP contribution in [0.25, 0.3) is 0 Å². The molecule has 2 rings (SSSR count). The van der Waals surface area contributed by atoms with Crippen LogP contribution in [-0.4, -0.2) is 11.1 Å². The molecule has 0 unspecified atom stereocenters. The summed E-state index contributed by atoms with van der Waals surface area (Å²) < 4.78 is 0. The van der Waals surface area contributed by atoms with Crippen LogP contribution in [0.4, 0.5) is 0 Å². The molecule has 0 saturated heterocycles. The normalized spacial score (nSPS) is 10.5. The van der Waals surface area contributed by atoms with Gasteiger partial charge in [-0.1, -0.05) is 6.07 Å². The molecule has 2 heterocycles. The van der Waals surface area contributed by atoms with Gasteiger partial charge in [-0.2, -0.15) is 0 Å². The number of carboxylic acids is 1. The number of nitrogens with one attached hydrogen (secondary N) is 1. The second kappa shape index (κ2) is 5.25. The van der Waals surface area contributed by atoms with Crippen molar-refractivity contribution in [3.05, 3.63) is 44.3 Å². The van der Waals surface area contributed by atoms with E-state index in [9.17, 15) is 4.79 Å². The summed E-state index contributed by atoms with van der Waals surface area (Å²) in [4.78, 5) is 12.5. The van der Waals surface area contributed by atoms with Gasteiger partial charge in [-0.25, -0.2) is 4.79 Å². The van der Waals surface area contributed by atoms with Gasteiger partial charge in [0.2, 0.25) is 0 Å². The molecule has 0 radical (unpaired) electrons. The smallest absolute Gasteiger partial charge is 0.346 e. The third kappa shape index (κ3) is 2.69. The van der Waals surface area contributed by atoms with Crippen LogP contribution in [0, 0.1) is 0 Å². The molecule has 0 amide bonds. The zero-order valence-electron chi connectivity index (χ0n) is 8.47. The molecule has 16 heavy (non-hydrogen) atoms. The maximum absolute atomic E-state index is 10.9. The molecular weight excluding hydrogens is 242 g/mol. The zero-order chi connectivity index (χ0) is 11.4. The Balaban J connectivity index is 1.90. The van der Waals surface area contributed by atoms with E-state index in [2.05, 4.69) is 11.4 Å². The maximum Gasteiger partial charge on any atom is 0.346 e. The van der Waals surface area contributed by atoms with Crippen molar-refractivity contribution in [3.8, 4) is 0 Å². The number of hydrogen-bond acceptors (Lipinski definition) is 4. The van der Waals surface area contributed by atoms with Gasteiger partial charge in [0.1, 0.15) is 4.88 Å². The lowest BCUT2D eigenvalue weighted by Gasteiger charge is -2.02. The zero-order valence-corrected chi connectivity index (χ0v) is 10.1. The van der Waals surface area contributed by atoms with Crippen LogP contribution in [0.2, 0.25) is 0 Å². The SMILES string of the molecule is O=C(O)c1sccc1CNCc1cccs1. The highest BCUT2D eigenvalue weighted by Crippen LogP contribution is 2.16. The Bertz CT molecular complexity index is 462. The van der Waals surface area contributed by atoms with Crippen molar-refractivity contribution >= 4 is 28.6 Å². The molecular formula is C11H11NO2S2. The molecule has 2 N–H and O–H groups in total. The number of carbonyl (C=O) groups is 1. The van der Waals surface area contributed by atoms with Gasteiger partial charge in [0.05, 0.1) is 0 Å². The molecule has 2 aromatic rings. The first-order chi connectivity index (χ1) is 7.77. The summed E-state index contributed by atoms with van der Waals surface area (Å²) in [5.74, 6) is -0.845. The number of thiophene rings is 2. The van der Waals surface area contributed by atoms with Gasteiger partial charge in [-0.15, -0.1) is 22.7 Å². The lowest BCUT2D eigenvalue weighted by Crippen LogP contribution is -2.13. The fourth-order valence-electron chi connectivity index (χ4n) is 1.40. The molecule has 0 aliphatic heterocycles. The largest absolute Gasteiger partial charge is 0.477 e. The standard InChI is InChI=1S/C11H11NO2S2/c13-11(14)10-8(3-5-16-10)6-12-7-9-2-1-4-15-9/h1-5,12H,6-7H2,(H,13,14). The molecule has 0 aliphatic carbocycles. The van der Waals surface area contributed by atoms with E-state index in [0.717, 1.165) is 12.1 Å². The molecule has 0 aliphatic rings. The summed E-state index contributed by atoms with van der Waals surface area (Å²) in [5.41, 5.74) is 0.856. The van der Waals surface area contributed by atoms with Crippen LogP contribution in [0.15, 0.2) is 29.0 Å². The molecule has 5 heteroatoms. The second-order valence-electron chi connectivity index (χ2n) is 3.26. The van der Waals surface area contributed by atoms with Crippen molar-refractivity contribution in [3.63, 3.8) is 0 Å². The van der Waals surface area contributed by atoms with Gasteiger partial charge in [0.25, 0.3) is 0 Å². The number of rotatable bonds is 5. The van der Waals surface area contributed by atoms with E-state index in [1.807, 2.05) is 22.9 Å². The van der Waals surface area contributed by atoms with Crippen LogP contribution < -0.4 is 5.32 Å². The van der Waals surface area contributed by atoms with Gasteiger partial charge in [0.15, 0.2) is 0 Å². The van der Waals surface area contributed by atoms with Crippen molar-refractivity contribution in [2.45, 2.75) is 13.1 Å². The molecule has 0 bridgehead atoms. The van der Waals surface area contributed by atoms with Crippen LogP contribution in [0.1, 0.15) is 20.1 Å². The van der Waals surface area contributed by atoms with Crippen molar-refractivity contribution in [1.29, 1.82) is 0 Å². The van der Waals surface area contributed by atoms with Crippen molar-refractivity contribution in [2.75, 3.05) is 0 Å². The second-order valence-corrected chi connectivity index (χ2v) is 5.21. The first-order valence-electron chi connectivity index (χ1n) is 4.80. The fraction of sp³-hybridized carbons (Fsp3) is 0.182. The van der Waals surface area contributed by atoms with E-state index in [0.29, 0.717) is 11.4 Å². The van der Waals surface area contributed by atoms with E-state index in [-0.39, 0.29) is 0 Å². The monoisotopic (exact) mass is 253 g/mol. The van der Waals surface area contributed by atoms with Crippen molar-refractivity contribution in [2.24, 2.45) is 0 Å². The minimum Gasteiger partial charge on any atom is -0.477 e. The first-order valence-corrected chi connectivity index (χ1v) is 6.56. The predicted octanol–water partition coefficient (Wildman–Crippen LogP) is 2.80. The summed E-state index contributed by atoms with van der Waals surface area (Å²) in [6.45, 7) is 1.38. The number of hydrogen-bond donors (Lipinski definition) is 2. The van der Waals surface area contributed by atoms with Crippen LogP contribution in [0.3, 0.4) is 0 Å². The van der Waals surface area contributed by atoms with E-state index in [1.165, 1.54) is 16.2 Å². The van der Waals surface area contributed by atoms with Gasteiger partial charge >= 0.3 is 5.97 Å². The number of aromatic carboxylic acids is 1. The Morgan fingerprint density at radius 2 is 2.12 bits per heavy atom. The van der Waals surface area contributed by atoms with Gasteiger partial charge < -0.3 is 10.4 Å². The molecule has 0 saturated carbocycles. The molecule has 0 aromatic carbocycles. The third-order valence-electron chi connectivity index (χ3n) is 2.14. The lowest BCUT2D eigenvalue weighted by molar-refractivity contribution is 0.0701. The van der Waals surface area contributed by atoms with E-state index < -0.39 is 5.97 Å². The predicted molar refractivity (Wildman–Crippen MR) is 66.1 cm³/mol. The fourth-order valence-corrected chi connectivity index (χ4v) is 2.83. The molecule has 0 fully saturated rings. The van der Waals surface area contributed by atoms with Gasteiger partial charge in [0, 0.05) is 18.0 Å². The van der Waals surface area contributed by atoms with Crippen molar-refractivity contribution in [1.82, 2.24) is 5.32 Å². The summed E-state index contributed by atoms with van der Waals surface area (Å²) >= 11 is 2.96. The average molecular weight is 253 g/mol. The van der Waals surface area contributed by atoms with E-state index >= 15 is 0 Å². The molecule has 0 atom stereocenters. The van der Waals surface area contributed by atoms with Gasteiger partial charge in [-0.05, 0) is 28.5 Å². The molecule has 84 valence electrons. The minimum absolute atomic E-state index is 0.429. The third-order valence-corrected chi connectivity index (χ3v) is 3.96.